The van der Waals surface area contributed by atoms with Crippen LogP contribution in [0.2, 0.25) is 0 Å². The van der Waals surface area contributed by atoms with Gasteiger partial charge in [-0.2, -0.15) is 0 Å². The average Bonchev–Trinajstić information content (AvgIpc) is 2.87. The molecular formula is C26H35FN4O4. The summed E-state index contributed by atoms with van der Waals surface area (Å²) in [6.07, 6.45) is -0.260. The number of halogens is 1. The number of anilines is 2. The normalized spacial score (nSPS) is 18.9. The highest BCUT2D eigenvalue weighted by molar-refractivity contribution is 5.89. The van der Waals surface area contributed by atoms with Crippen LogP contribution in [0.15, 0.2) is 42.5 Å². The molecule has 2 aromatic rings. The highest BCUT2D eigenvalue weighted by Crippen LogP contribution is 2.30. The number of aliphatic hydroxyl groups is 1. The summed E-state index contributed by atoms with van der Waals surface area (Å²) in [6, 6.07) is 10.6. The first-order valence-electron chi connectivity index (χ1n) is 11.7. The molecule has 0 saturated carbocycles. The number of nitrogens with one attached hydrogen (secondary N) is 1. The second-order valence-electron chi connectivity index (χ2n) is 9.39. The summed E-state index contributed by atoms with van der Waals surface area (Å²) < 4.78 is 19.6. The van der Waals surface area contributed by atoms with E-state index in [9.17, 15) is 19.1 Å². The van der Waals surface area contributed by atoms with Gasteiger partial charge >= 0.3 is 6.03 Å². The summed E-state index contributed by atoms with van der Waals surface area (Å²) in [5, 5.41) is 12.5. The first kappa shape index (κ1) is 26.3. The summed E-state index contributed by atoms with van der Waals surface area (Å²) in [5.74, 6) is 0.0128. The van der Waals surface area contributed by atoms with Crippen molar-refractivity contribution in [1.29, 1.82) is 0 Å². The van der Waals surface area contributed by atoms with Crippen LogP contribution in [-0.4, -0.2) is 79.8 Å². The molecule has 1 aliphatic heterocycles. The third-order valence-electron chi connectivity index (χ3n) is 6.31. The van der Waals surface area contributed by atoms with Crippen molar-refractivity contribution in [3.63, 3.8) is 0 Å². The molecule has 0 unspecified atom stereocenters. The number of likely N-dealkylation sites (N-methyl/N-ethyl adjacent to an activating group) is 1. The van der Waals surface area contributed by atoms with Gasteiger partial charge in [0.25, 0.3) is 0 Å². The lowest BCUT2D eigenvalue weighted by molar-refractivity contribution is -0.134. The van der Waals surface area contributed by atoms with Crippen molar-refractivity contribution in [3.05, 3.63) is 53.8 Å². The van der Waals surface area contributed by atoms with Gasteiger partial charge in [0.15, 0.2) is 0 Å². The SMILES string of the molecule is C[C@H]1CN([C@@H](C)CO)C(=O)Cc2cc(N(C)C)ccc2O[C@H]1CN(C)C(=O)Nc1ccc(F)cc1. The number of rotatable bonds is 6. The predicted molar refractivity (Wildman–Crippen MR) is 134 cm³/mol. The standard InChI is InChI=1S/C26H35FN4O4/c1-17-14-31(18(2)16-32)25(33)13-19-12-22(29(3)4)10-11-23(19)35-24(17)15-30(5)26(34)28-21-8-6-20(27)7-9-21/h6-12,17-18,24,32H,13-16H2,1-5H3,(H,28,34)/t17-,18-,24-/m0/s1. The molecule has 2 N–H and O–H groups in total. The second-order valence-corrected chi connectivity index (χ2v) is 9.39. The molecule has 0 fully saturated rings. The third-order valence-corrected chi connectivity index (χ3v) is 6.31. The van der Waals surface area contributed by atoms with Crippen LogP contribution in [0.3, 0.4) is 0 Å². The number of aliphatic hydroxyl groups excluding tert-OH is 1. The van der Waals surface area contributed by atoms with Crippen LogP contribution in [0.4, 0.5) is 20.6 Å². The number of carbonyl (C=O) groups excluding carboxylic acids is 2. The van der Waals surface area contributed by atoms with Crippen molar-refractivity contribution in [3.8, 4) is 5.75 Å². The van der Waals surface area contributed by atoms with Crippen molar-refractivity contribution in [2.24, 2.45) is 5.92 Å². The first-order valence-corrected chi connectivity index (χ1v) is 11.7. The van der Waals surface area contributed by atoms with Crippen molar-refractivity contribution >= 4 is 23.3 Å². The molecule has 0 radical (unpaired) electrons. The van der Waals surface area contributed by atoms with E-state index in [1.54, 1.807) is 11.9 Å². The molecule has 190 valence electrons. The monoisotopic (exact) mass is 486 g/mol. The predicted octanol–water partition coefficient (Wildman–Crippen LogP) is 3.20. The van der Waals surface area contributed by atoms with E-state index in [0.29, 0.717) is 18.0 Å². The van der Waals surface area contributed by atoms with E-state index in [-0.39, 0.29) is 49.3 Å². The summed E-state index contributed by atoms with van der Waals surface area (Å²) in [6.45, 7) is 4.29. The van der Waals surface area contributed by atoms with E-state index < -0.39 is 6.10 Å². The van der Waals surface area contributed by atoms with Crippen molar-refractivity contribution in [1.82, 2.24) is 9.80 Å². The van der Waals surface area contributed by atoms with Gasteiger partial charge in [0.1, 0.15) is 17.7 Å². The Bertz CT molecular complexity index is 1030. The Balaban J connectivity index is 1.86. The lowest BCUT2D eigenvalue weighted by atomic mass is 10.0. The molecule has 2 aromatic carbocycles. The van der Waals surface area contributed by atoms with Crippen LogP contribution in [-0.2, 0) is 11.2 Å². The van der Waals surface area contributed by atoms with E-state index in [4.69, 9.17) is 4.74 Å². The van der Waals surface area contributed by atoms with Gasteiger partial charge in [-0.15, -0.1) is 0 Å². The van der Waals surface area contributed by atoms with Gasteiger partial charge in [-0.1, -0.05) is 6.92 Å². The molecule has 0 aromatic heterocycles. The van der Waals surface area contributed by atoms with Crippen molar-refractivity contribution < 1.29 is 23.8 Å². The minimum atomic E-state index is -0.415. The zero-order chi connectivity index (χ0) is 25.7. The maximum Gasteiger partial charge on any atom is 0.321 e. The topological polar surface area (TPSA) is 85.4 Å². The van der Waals surface area contributed by atoms with Crippen molar-refractivity contribution in [2.75, 3.05) is 51.1 Å². The van der Waals surface area contributed by atoms with E-state index in [0.717, 1.165) is 11.3 Å². The molecule has 35 heavy (non-hydrogen) atoms. The van der Waals surface area contributed by atoms with Crippen molar-refractivity contribution in [2.45, 2.75) is 32.4 Å². The zero-order valence-electron chi connectivity index (χ0n) is 21.0. The fourth-order valence-corrected chi connectivity index (χ4v) is 4.02. The van der Waals surface area contributed by atoms with Crippen LogP contribution < -0.4 is 15.0 Å². The smallest absolute Gasteiger partial charge is 0.321 e. The van der Waals surface area contributed by atoms with Gasteiger partial charge in [-0.05, 0) is 49.4 Å². The maximum absolute atomic E-state index is 13.2. The summed E-state index contributed by atoms with van der Waals surface area (Å²) in [5.41, 5.74) is 2.19. The van der Waals surface area contributed by atoms with E-state index in [1.165, 1.54) is 29.2 Å². The van der Waals surface area contributed by atoms with Gasteiger partial charge < -0.3 is 29.9 Å². The number of urea groups is 1. The maximum atomic E-state index is 13.2. The number of hydrogen-bond acceptors (Lipinski definition) is 5. The van der Waals surface area contributed by atoms with Crippen LogP contribution in [0.5, 0.6) is 5.75 Å². The van der Waals surface area contributed by atoms with Crippen LogP contribution in [0.1, 0.15) is 19.4 Å². The number of fused-ring (bicyclic) bond motifs is 1. The lowest BCUT2D eigenvalue weighted by Crippen LogP contribution is -2.48. The second kappa shape index (κ2) is 11.4. The van der Waals surface area contributed by atoms with Gasteiger partial charge in [-0.3, -0.25) is 4.79 Å². The molecule has 8 nitrogen and oxygen atoms in total. The first-order chi connectivity index (χ1) is 16.6. The Labute approximate surface area is 206 Å². The van der Waals surface area contributed by atoms with Crippen LogP contribution in [0, 0.1) is 11.7 Å². The molecular weight excluding hydrogens is 451 g/mol. The molecule has 3 rings (SSSR count). The highest BCUT2D eigenvalue weighted by Gasteiger charge is 2.32. The third kappa shape index (κ3) is 6.63. The highest BCUT2D eigenvalue weighted by atomic mass is 19.1. The molecule has 3 atom stereocenters. The molecule has 1 heterocycles. The number of ether oxygens (including phenoxy) is 1. The Morgan fingerprint density at radius 2 is 1.91 bits per heavy atom. The fraction of sp³-hybridized carbons (Fsp3) is 0.462. The zero-order valence-corrected chi connectivity index (χ0v) is 21.0. The Morgan fingerprint density at radius 1 is 1.23 bits per heavy atom. The fourth-order valence-electron chi connectivity index (χ4n) is 4.02. The van der Waals surface area contributed by atoms with Gasteiger partial charge in [-0.25, -0.2) is 9.18 Å². The number of hydrogen-bond donors (Lipinski definition) is 2. The van der Waals surface area contributed by atoms with E-state index in [1.807, 2.05) is 51.0 Å². The Kier molecular flexibility index (Phi) is 8.56. The van der Waals surface area contributed by atoms with Crippen LogP contribution in [0.25, 0.3) is 0 Å². The van der Waals surface area contributed by atoms with Gasteiger partial charge in [0, 0.05) is 50.5 Å². The van der Waals surface area contributed by atoms with Gasteiger partial charge in [0.2, 0.25) is 5.91 Å². The lowest BCUT2D eigenvalue weighted by Gasteiger charge is -2.34. The summed E-state index contributed by atoms with van der Waals surface area (Å²) in [7, 11) is 5.52. The number of nitrogens with zero attached hydrogens (tertiary/aromatic N) is 3. The van der Waals surface area contributed by atoms with E-state index in [2.05, 4.69) is 5.32 Å². The van der Waals surface area contributed by atoms with Gasteiger partial charge in [0.05, 0.1) is 25.6 Å². The molecule has 0 bridgehead atoms. The molecule has 0 saturated heterocycles. The molecule has 9 heteroatoms. The minimum Gasteiger partial charge on any atom is -0.488 e. The molecule has 0 aliphatic carbocycles. The quantitative estimate of drug-likeness (QED) is 0.655. The van der Waals surface area contributed by atoms with E-state index >= 15 is 0 Å². The summed E-state index contributed by atoms with van der Waals surface area (Å²) in [4.78, 5) is 31.2. The number of amides is 3. The summed E-state index contributed by atoms with van der Waals surface area (Å²) >= 11 is 0. The minimum absolute atomic E-state index is 0.0813. The molecule has 0 spiro atoms. The Morgan fingerprint density at radius 3 is 2.54 bits per heavy atom. The number of carbonyl (C=O) groups is 2. The number of benzene rings is 2. The van der Waals surface area contributed by atoms with Crippen LogP contribution >= 0.6 is 0 Å². The largest absolute Gasteiger partial charge is 0.488 e. The molecule has 1 aliphatic rings. The average molecular weight is 487 g/mol. The molecule has 3 amide bonds. The Hall–Kier alpha value is -3.33.